The van der Waals surface area contributed by atoms with Crippen LogP contribution in [-0.4, -0.2) is 54.3 Å². The molecule has 3 rings (SSSR count). The molecule has 1 aromatic carbocycles. The number of rotatable bonds is 6. The molecule has 1 aromatic heterocycles. The summed E-state index contributed by atoms with van der Waals surface area (Å²) in [5.41, 5.74) is 3.59. The average Bonchev–Trinajstić information content (AvgIpc) is 2.59. The largest absolute Gasteiger partial charge is 0.379 e. The quantitative estimate of drug-likeness (QED) is 0.842. The molecule has 0 amide bonds. The summed E-state index contributed by atoms with van der Waals surface area (Å²) in [4.78, 5) is 11.4. The Labute approximate surface area is 149 Å². The summed E-state index contributed by atoms with van der Waals surface area (Å²) < 4.78 is 5.38. The molecule has 2 N–H and O–H groups in total. The molecular formula is C19H27N5O. The van der Waals surface area contributed by atoms with Crippen LogP contribution in [0.4, 0.5) is 17.3 Å². The van der Waals surface area contributed by atoms with Crippen LogP contribution < -0.4 is 10.6 Å². The van der Waals surface area contributed by atoms with Crippen LogP contribution in [0.3, 0.4) is 0 Å². The van der Waals surface area contributed by atoms with Crippen molar-refractivity contribution in [2.24, 2.45) is 0 Å². The molecule has 0 spiro atoms. The van der Waals surface area contributed by atoms with Gasteiger partial charge in [0, 0.05) is 37.9 Å². The Morgan fingerprint density at radius 1 is 1.00 bits per heavy atom. The predicted molar refractivity (Wildman–Crippen MR) is 102 cm³/mol. The van der Waals surface area contributed by atoms with E-state index in [4.69, 9.17) is 4.74 Å². The highest BCUT2D eigenvalue weighted by Crippen LogP contribution is 2.20. The van der Waals surface area contributed by atoms with Crippen LogP contribution in [0.1, 0.15) is 17.0 Å². The SMILES string of the molecule is Cc1nc(NCCN2CCOCC2)cc(Nc2ccc(C)c(C)c2)n1. The Kier molecular flexibility index (Phi) is 5.83. The molecule has 0 atom stereocenters. The normalized spacial score (nSPS) is 15.2. The van der Waals surface area contributed by atoms with E-state index in [0.29, 0.717) is 0 Å². The fraction of sp³-hybridized carbons (Fsp3) is 0.474. The fourth-order valence-corrected chi connectivity index (χ4v) is 2.86. The third kappa shape index (κ3) is 5.14. The number of ether oxygens (including phenoxy) is 1. The second-order valence-corrected chi connectivity index (χ2v) is 6.49. The van der Waals surface area contributed by atoms with Crippen molar-refractivity contribution in [1.29, 1.82) is 0 Å². The van der Waals surface area contributed by atoms with Crippen molar-refractivity contribution < 1.29 is 4.74 Å². The second kappa shape index (κ2) is 8.27. The topological polar surface area (TPSA) is 62.3 Å². The molecule has 1 saturated heterocycles. The van der Waals surface area contributed by atoms with E-state index in [1.807, 2.05) is 13.0 Å². The maximum Gasteiger partial charge on any atom is 0.136 e. The van der Waals surface area contributed by atoms with Crippen LogP contribution in [0.2, 0.25) is 0 Å². The van der Waals surface area contributed by atoms with Crippen LogP contribution in [0.15, 0.2) is 24.3 Å². The monoisotopic (exact) mass is 341 g/mol. The summed E-state index contributed by atoms with van der Waals surface area (Å²) in [5, 5.41) is 6.78. The standard InChI is InChI=1S/C19H27N5O/c1-14-4-5-17(12-15(14)2)23-19-13-18(21-16(3)22-19)20-6-7-24-8-10-25-11-9-24/h4-5,12-13H,6-11H2,1-3H3,(H2,20,21,22,23). The van der Waals surface area contributed by atoms with Gasteiger partial charge in [0.1, 0.15) is 17.5 Å². The van der Waals surface area contributed by atoms with E-state index >= 15 is 0 Å². The summed E-state index contributed by atoms with van der Waals surface area (Å²) in [6, 6.07) is 8.29. The lowest BCUT2D eigenvalue weighted by Gasteiger charge is -2.26. The Morgan fingerprint density at radius 2 is 1.76 bits per heavy atom. The van der Waals surface area contributed by atoms with Gasteiger partial charge in [0.05, 0.1) is 13.2 Å². The Morgan fingerprint density at radius 3 is 2.52 bits per heavy atom. The van der Waals surface area contributed by atoms with Gasteiger partial charge in [-0.1, -0.05) is 6.07 Å². The van der Waals surface area contributed by atoms with E-state index in [1.165, 1.54) is 11.1 Å². The lowest BCUT2D eigenvalue weighted by atomic mass is 10.1. The summed E-state index contributed by atoms with van der Waals surface area (Å²) in [5.74, 6) is 2.42. The van der Waals surface area contributed by atoms with Gasteiger partial charge in [-0.2, -0.15) is 0 Å². The molecule has 2 heterocycles. The molecule has 1 fully saturated rings. The molecule has 134 valence electrons. The summed E-state index contributed by atoms with van der Waals surface area (Å²) >= 11 is 0. The molecule has 6 heteroatoms. The summed E-state index contributed by atoms with van der Waals surface area (Å²) in [7, 11) is 0. The van der Waals surface area contributed by atoms with Crippen molar-refractivity contribution in [3.8, 4) is 0 Å². The van der Waals surface area contributed by atoms with E-state index in [1.54, 1.807) is 0 Å². The van der Waals surface area contributed by atoms with Crippen LogP contribution in [0.5, 0.6) is 0 Å². The van der Waals surface area contributed by atoms with E-state index < -0.39 is 0 Å². The first-order valence-electron chi connectivity index (χ1n) is 8.84. The van der Waals surface area contributed by atoms with Gasteiger partial charge in [-0.3, -0.25) is 4.90 Å². The molecule has 0 aliphatic carbocycles. The van der Waals surface area contributed by atoms with Gasteiger partial charge >= 0.3 is 0 Å². The van der Waals surface area contributed by atoms with Crippen molar-refractivity contribution >= 4 is 17.3 Å². The number of hydrogen-bond donors (Lipinski definition) is 2. The zero-order valence-electron chi connectivity index (χ0n) is 15.3. The first-order chi connectivity index (χ1) is 12.1. The lowest BCUT2D eigenvalue weighted by Crippen LogP contribution is -2.39. The maximum absolute atomic E-state index is 5.38. The highest BCUT2D eigenvalue weighted by atomic mass is 16.5. The maximum atomic E-state index is 5.38. The van der Waals surface area contributed by atoms with Crippen molar-refractivity contribution in [3.63, 3.8) is 0 Å². The van der Waals surface area contributed by atoms with Crippen molar-refractivity contribution in [1.82, 2.24) is 14.9 Å². The van der Waals surface area contributed by atoms with Crippen molar-refractivity contribution in [2.75, 3.05) is 50.0 Å². The first-order valence-corrected chi connectivity index (χ1v) is 8.84. The average molecular weight is 341 g/mol. The Bertz CT molecular complexity index is 713. The third-order valence-electron chi connectivity index (χ3n) is 4.46. The number of aryl methyl sites for hydroxylation is 3. The predicted octanol–water partition coefficient (Wildman–Crippen LogP) is 2.89. The van der Waals surface area contributed by atoms with Gasteiger partial charge < -0.3 is 15.4 Å². The highest BCUT2D eigenvalue weighted by Gasteiger charge is 2.10. The van der Waals surface area contributed by atoms with Crippen LogP contribution in [0, 0.1) is 20.8 Å². The second-order valence-electron chi connectivity index (χ2n) is 6.49. The van der Waals surface area contributed by atoms with Crippen molar-refractivity contribution in [2.45, 2.75) is 20.8 Å². The van der Waals surface area contributed by atoms with E-state index in [9.17, 15) is 0 Å². The van der Waals surface area contributed by atoms with Crippen LogP contribution >= 0.6 is 0 Å². The van der Waals surface area contributed by atoms with Gasteiger partial charge in [-0.15, -0.1) is 0 Å². The molecule has 2 aromatic rings. The number of benzene rings is 1. The molecule has 1 aliphatic rings. The zero-order chi connectivity index (χ0) is 17.6. The minimum Gasteiger partial charge on any atom is -0.379 e. The van der Waals surface area contributed by atoms with E-state index in [2.05, 4.69) is 57.5 Å². The first kappa shape index (κ1) is 17.6. The number of hydrogen-bond acceptors (Lipinski definition) is 6. The van der Waals surface area contributed by atoms with Crippen LogP contribution in [0.25, 0.3) is 0 Å². The third-order valence-corrected chi connectivity index (χ3v) is 4.46. The fourth-order valence-electron chi connectivity index (χ4n) is 2.86. The van der Waals surface area contributed by atoms with Crippen LogP contribution in [-0.2, 0) is 4.74 Å². The minimum atomic E-state index is 0.753. The Balaban J connectivity index is 1.60. The molecule has 6 nitrogen and oxygen atoms in total. The summed E-state index contributed by atoms with van der Waals surface area (Å²) in [6.45, 7) is 11.7. The molecule has 1 aliphatic heterocycles. The number of morpholine rings is 1. The van der Waals surface area contributed by atoms with E-state index in [0.717, 1.165) is 62.5 Å². The van der Waals surface area contributed by atoms with Gasteiger partial charge in [-0.05, 0) is 44.0 Å². The number of aromatic nitrogens is 2. The molecule has 0 radical (unpaired) electrons. The number of nitrogens with one attached hydrogen (secondary N) is 2. The molecular weight excluding hydrogens is 314 g/mol. The molecule has 0 saturated carbocycles. The molecule has 0 unspecified atom stereocenters. The van der Waals surface area contributed by atoms with E-state index in [-0.39, 0.29) is 0 Å². The smallest absolute Gasteiger partial charge is 0.136 e. The van der Waals surface area contributed by atoms with Crippen molar-refractivity contribution in [3.05, 3.63) is 41.2 Å². The molecule has 25 heavy (non-hydrogen) atoms. The van der Waals surface area contributed by atoms with Gasteiger partial charge in [0.15, 0.2) is 0 Å². The minimum absolute atomic E-state index is 0.753. The zero-order valence-corrected chi connectivity index (χ0v) is 15.3. The number of nitrogens with zero attached hydrogens (tertiary/aromatic N) is 3. The molecule has 0 bridgehead atoms. The Hall–Kier alpha value is -2.18. The van der Waals surface area contributed by atoms with Gasteiger partial charge in [0.25, 0.3) is 0 Å². The number of anilines is 3. The van der Waals surface area contributed by atoms with Gasteiger partial charge in [-0.25, -0.2) is 9.97 Å². The summed E-state index contributed by atoms with van der Waals surface area (Å²) in [6.07, 6.45) is 0. The van der Waals surface area contributed by atoms with Gasteiger partial charge in [0.2, 0.25) is 0 Å². The lowest BCUT2D eigenvalue weighted by molar-refractivity contribution is 0.0398. The highest BCUT2D eigenvalue weighted by molar-refractivity contribution is 5.60.